The lowest BCUT2D eigenvalue weighted by atomic mass is 9.93. The lowest BCUT2D eigenvalue weighted by Crippen LogP contribution is -2.47. The summed E-state index contributed by atoms with van der Waals surface area (Å²) in [5.41, 5.74) is 0.959. The summed E-state index contributed by atoms with van der Waals surface area (Å²) in [7, 11) is -3.57. The van der Waals surface area contributed by atoms with E-state index in [0.717, 1.165) is 23.4 Å². The maximum absolute atomic E-state index is 13.0. The Morgan fingerprint density at radius 1 is 1.30 bits per heavy atom. The Labute approximate surface area is 174 Å². The van der Waals surface area contributed by atoms with Crippen molar-refractivity contribution in [2.75, 3.05) is 32.1 Å². The number of morpholine rings is 1. The third-order valence-electron chi connectivity index (χ3n) is 6.45. The summed E-state index contributed by atoms with van der Waals surface area (Å²) in [6.45, 7) is 3.53. The topological polar surface area (TPSA) is 126 Å². The van der Waals surface area contributed by atoms with Gasteiger partial charge in [0.25, 0.3) is 0 Å². The van der Waals surface area contributed by atoms with Crippen LogP contribution in [-0.4, -0.2) is 80.1 Å². The predicted octanol–water partition coefficient (Wildman–Crippen LogP) is 0.902. The highest BCUT2D eigenvalue weighted by atomic mass is 32.2. The molecule has 1 aliphatic heterocycles. The van der Waals surface area contributed by atoms with Crippen LogP contribution in [0.1, 0.15) is 37.9 Å². The van der Waals surface area contributed by atoms with Gasteiger partial charge in [0.2, 0.25) is 10.0 Å². The Hall–Kier alpha value is -2.08. The Kier molecular flexibility index (Phi) is 4.80. The third kappa shape index (κ3) is 3.29. The summed E-state index contributed by atoms with van der Waals surface area (Å²) >= 11 is 0. The fraction of sp³-hybridized carbons (Fsp3) is 0.632. The zero-order chi connectivity index (χ0) is 20.9. The van der Waals surface area contributed by atoms with Gasteiger partial charge in [-0.25, -0.2) is 13.4 Å². The molecule has 0 radical (unpaired) electrons. The van der Waals surface area contributed by atoms with E-state index in [1.807, 2.05) is 16.7 Å². The molecule has 4 heterocycles. The van der Waals surface area contributed by atoms with Crippen molar-refractivity contribution in [3.8, 4) is 0 Å². The number of hydrogen-bond donors (Lipinski definition) is 2. The van der Waals surface area contributed by atoms with Gasteiger partial charge in [-0.1, -0.05) is 13.3 Å². The van der Waals surface area contributed by atoms with E-state index in [2.05, 4.69) is 27.1 Å². The molecule has 2 N–H and O–H groups in total. The first-order valence-electron chi connectivity index (χ1n) is 10.4. The van der Waals surface area contributed by atoms with Crippen molar-refractivity contribution in [2.24, 2.45) is 5.92 Å². The molecule has 3 aromatic heterocycles. The van der Waals surface area contributed by atoms with Gasteiger partial charge in [-0.2, -0.15) is 4.31 Å². The van der Waals surface area contributed by atoms with E-state index in [4.69, 9.17) is 4.74 Å². The molecule has 0 spiro atoms. The Morgan fingerprint density at radius 2 is 2.10 bits per heavy atom. The summed E-state index contributed by atoms with van der Waals surface area (Å²) in [4.78, 5) is 7.45. The van der Waals surface area contributed by atoms with Crippen molar-refractivity contribution >= 4 is 26.8 Å². The summed E-state index contributed by atoms with van der Waals surface area (Å²) < 4.78 is 34.6. The molecule has 1 aliphatic carbocycles. The van der Waals surface area contributed by atoms with Crippen LogP contribution in [0.3, 0.4) is 0 Å². The number of sulfonamides is 1. The first kappa shape index (κ1) is 19.9. The first-order valence-corrected chi connectivity index (χ1v) is 12.0. The summed E-state index contributed by atoms with van der Waals surface area (Å²) in [5, 5.41) is 20.1. The van der Waals surface area contributed by atoms with Crippen LogP contribution in [-0.2, 0) is 14.8 Å². The molecule has 11 heteroatoms. The van der Waals surface area contributed by atoms with Crippen LogP contribution >= 0.6 is 0 Å². The minimum atomic E-state index is -3.57. The molecule has 10 nitrogen and oxygen atoms in total. The zero-order valence-corrected chi connectivity index (χ0v) is 17.7. The average Bonchev–Trinajstić information content (AvgIpc) is 3.43. The highest BCUT2D eigenvalue weighted by Gasteiger charge is 2.48. The van der Waals surface area contributed by atoms with Crippen molar-refractivity contribution in [2.45, 2.75) is 37.7 Å². The van der Waals surface area contributed by atoms with Crippen LogP contribution in [0.4, 0.5) is 0 Å². The van der Waals surface area contributed by atoms with Crippen molar-refractivity contribution in [3.05, 3.63) is 24.3 Å². The molecular weight excluding hydrogens is 408 g/mol. The molecule has 162 valence electrons. The Bertz CT molecular complexity index is 1170. The van der Waals surface area contributed by atoms with E-state index in [9.17, 15) is 13.5 Å². The molecule has 5 rings (SSSR count). The fourth-order valence-electron chi connectivity index (χ4n) is 5.03. The van der Waals surface area contributed by atoms with Gasteiger partial charge in [0.1, 0.15) is 5.82 Å². The van der Waals surface area contributed by atoms with Gasteiger partial charge in [0, 0.05) is 25.2 Å². The minimum Gasteiger partial charge on any atom is -0.389 e. The largest absolute Gasteiger partial charge is 0.389 e. The molecule has 3 atom stereocenters. The highest BCUT2D eigenvalue weighted by Crippen LogP contribution is 2.47. The summed E-state index contributed by atoms with van der Waals surface area (Å²) in [6, 6.07) is 1.92. The van der Waals surface area contributed by atoms with Crippen LogP contribution in [0.2, 0.25) is 0 Å². The second kappa shape index (κ2) is 7.26. The van der Waals surface area contributed by atoms with E-state index in [1.165, 1.54) is 4.31 Å². The van der Waals surface area contributed by atoms with Crippen molar-refractivity contribution < 1.29 is 18.3 Å². The fourth-order valence-corrected chi connectivity index (χ4v) is 6.83. The van der Waals surface area contributed by atoms with E-state index in [0.29, 0.717) is 44.8 Å². The predicted molar refractivity (Wildman–Crippen MR) is 110 cm³/mol. The quantitative estimate of drug-likeness (QED) is 0.611. The zero-order valence-electron chi connectivity index (χ0n) is 16.9. The molecule has 0 amide bonds. The van der Waals surface area contributed by atoms with E-state index < -0.39 is 15.6 Å². The number of aliphatic hydroxyl groups is 1. The minimum absolute atomic E-state index is 0.0876. The first-order chi connectivity index (χ1) is 14.4. The third-order valence-corrected chi connectivity index (χ3v) is 8.50. The molecule has 2 fully saturated rings. The van der Waals surface area contributed by atoms with Crippen LogP contribution in [0.5, 0.6) is 0 Å². The van der Waals surface area contributed by atoms with Crippen LogP contribution in [0.15, 0.2) is 18.5 Å². The van der Waals surface area contributed by atoms with Gasteiger partial charge in [-0.3, -0.25) is 4.40 Å². The number of aromatic amines is 1. The maximum Gasteiger partial charge on any atom is 0.217 e. The summed E-state index contributed by atoms with van der Waals surface area (Å²) in [6.07, 6.45) is 5.07. The van der Waals surface area contributed by atoms with Crippen molar-refractivity contribution in [1.29, 1.82) is 0 Å². The van der Waals surface area contributed by atoms with E-state index >= 15 is 0 Å². The van der Waals surface area contributed by atoms with Gasteiger partial charge < -0.3 is 14.8 Å². The standard InChI is InChI=1S/C19H26N6O4S/c1-2-13-9-19(26,12-30(27,28)24-5-7-29-8-6-24)10-14(13)18-23-22-16-11-21-17-15(25(16)18)3-4-20-17/h3-4,11,13-14,20,26H,2,5-10,12H2,1H3/t13-,14+,19+/m1/s1. The van der Waals surface area contributed by atoms with Crippen molar-refractivity contribution in [3.63, 3.8) is 0 Å². The van der Waals surface area contributed by atoms with E-state index in [-0.39, 0.29) is 17.6 Å². The number of hydrogen-bond acceptors (Lipinski definition) is 7. The second-order valence-electron chi connectivity index (χ2n) is 8.40. The molecule has 3 aromatic rings. The van der Waals surface area contributed by atoms with E-state index in [1.54, 1.807) is 6.20 Å². The Balaban J connectivity index is 1.47. The monoisotopic (exact) mass is 434 g/mol. The molecule has 0 unspecified atom stereocenters. The lowest BCUT2D eigenvalue weighted by molar-refractivity contribution is 0.0570. The van der Waals surface area contributed by atoms with Crippen molar-refractivity contribution in [1.82, 2.24) is 28.9 Å². The number of rotatable bonds is 5. The van der Waals surface area contributed by atoms with Gasteiger partial charge in [0.05, 0.1) is 36.3 Å². The number of nitrogens with one attached hydrogen (secondary N) is 1. The number of ether oxygens (including phenoxy) is 1. The smallest absolute Gasteiger partial charge is 0.217 e. The number of aromatic nitrogens is 5. The molecule has 2 aliphatic rings. The van der Waals surface area contributed by atoms with Crippen LogP contribution in [0, 0.1) is 5.92 Å². The van der Waals surface area contributed by atoms with Gasteiger partial charge >= 0.3 is 0 Å². The van der Waals surface area contributed by atoms with Crippen LogP contribution < -0.4 is 0 Å². The number of nitrogens with zero attached hydrogens (tertiary/aromatic N) is 5. The van der Waals surface area contributed by atoms with Crippen LogP contribution in [0.25, 0.3) is 16.8 Å². The maximum atomic E-state index is 13.0. The Morgan fingerprint density at radius 3 is 2.87 bits per heavy atom. The average molecular weight is 435 g/mol. The van der Waals surface area contributed by atoms with Gasteiger partial charge in [0.15, 0.2) is 11.3 Å². The van der Waals surface area contributed by atoms with Gasteiger partial charge in [-0.15, -0.1) is 10.2 Å². The highest BCUT2D eigenvalue weighted by molar-refractivity contribution is 7.89. The lowest BCUT2D eigenvalue weighted by Gasteiger charge is -2.30. The molecule has 1 saturated heterocycles. The molecule has 0 aromatic carbocycles. The molecule has 1 saturated carbocycles. The second-order valence-corrected chi connectivity index (χ2v) is 10.4. The molecule has 30 heavy (non-hydrogen) atoms. The normalized spacial score (nSPS) is 28.6. The van der Waals surface area contributed by atoms with Gasteiger partial charge in [-0.05, 0) is 24.8 Å². The molecule has 0 bridgehead atoms. The number of fused-ring (bicyclic) bond motifs is 3. The number of H-pyrrole nitrogens is 1. The summed E-state index contributed by atoms with van der Waals surface area (Å²) in [5.74, 6) is 0.508. The SMILES string of the molecule is CC[C@@H]1C[C@@](O)(CS(=O)(=O)N2CCOCC2)C[C@@H]1c1nnc2cnc3[nH]ccc3n12. The molecular formula is C19H26N6O4S.